The zero-order chi connectivity index (χ0) is 26.9. The van der Waals surface area contributed by atoms with Crippen LogP contribution in [-0.2, 0) is 16.8 Å². The smallest absolute Gasteiger partial charge is 0.283 e. The fourth-order valence-electron chi connectivity index (χ4n) is 2.92. The molecule has 3 rings (SSSR count). The molecule has 0 saturated heterocycles. The van der Waals surface area contributed by atoms with Gasteiger partial charge in [-0.2, -0.15) is 0 Å². The molecule has 0 aliphatic heterocycles. The summed E-state index contributed by atoms with van der Waals surface area (Å²) in [5.74, 6) is 1.27. The fourth-order valence-corrected chi connectivity index (χ4v) is 2.92. The molecule has 0 saturated carbocycles. The average molecular weight is 552 g/mol. The van der Waals surface area contributed by atoms with Gasteiger partial charge in [-0.3, -0.25) is 28.8 Å². The second-order valence-corrected chi connectivity index (χ2v) is 8.17. The van der Waals surface area contributed by atoms with Crippen molar-refractivity contribution in [1.29, 1.82) is 0 Å². The van der Waals surface area contributed by atoms with Gasteiger partial charge in [0.2, 0.25) is 0 Å². The van der Waals surface area contributed by atoms with Crippen LogP contribution in [0, 0.1) is 0 Å². The van der Waals surface area contributed by atoms with E-state index in [1.165, 1.54) is 0 Å². The third-order valence-corrected chi connectivity index (χ3v) is 4.59. The Morgan fingerprint density at radius 3 is 0.757 bits per heavy atom. The molecule has 0 fully saturated rings. The molecule has 37 heavy (non-hydrogen) atoms. The van der Waals surface area contributed by atoms with E-state index in [0.717, 1.165) is 16.7 Å². The van der Waals surface area contributed by atoms with Crippen LogP contribution in [0.5, 0.6) is 0 Å². The molecular formula is C30H36CoO6+6. The van der Waals surface area contributed by atoms with E-state index in [-0.39, 0.29) is 70.7 Å². The summed E-state index contributed by atoms with van der Waals surface area (Å²) < 4.78 is 0. The van der Waals surface area contributed by atoms with Gasteiger partial charge in [0, 0.05) is 37.6 Å². The first kappa shape index (κ1) is 33.2. The molecule has 0 aliphatic carbocycles. The predicted molar refractivity (Wildman–Crippen MR) is 149 cm³/mol. The van der Waals surface area contributed by atoms with E-state index in [0.29, 0.717) is 0 Å². The van der Waals surface area contributed by atoms with Crippen molar-refractivity contribution in [2.75, 3.05) is 0 Å². The predicted octanol–water partition coefficient (Wildman–Crippen LogP) is 4.60. The van der Waals surface area contributed by atoms with Crippen molar-refractivity contribution >= 4 is 34.7 Å². The van der Waals surface area contributed by atoms with Gasteiger partial charge in [-0.1, -0.05) is 54.6 Å². The Labute approximate surface area is 227 Å². The van der Waals surface area contributed by atoms with Crippen molar-refractivity contribution in [3.63, 3.8) is 0 Å². The Kier molecular flexibility index (Phi) is 16.6. The van der Waals surface area contributed by atoms with Crippen molar-refractivity contribution in [3.05, 3.63) is 108 Å². The van der Waals surface area contributed by atoms with Crippen molar-refractivity contribution < 1.29 is 45.5 Å². The summed E-state index contributed by atoms with van der Waals surface area (Å²) in [7, 11) is 0. The van der Waals surface area contributed by atoms with Gasteiger partial charge in [0.15, 0.2) is 19.3 Å². The van der Waals surface area contributed by atoms with Crippen molar-refractivity contribution in [1.82, 2.24) is 0 Å². The Morgan fingerprint density at radius 2 is 0.595 bits per heavy atom. The van der Waals surface area contributed by atoms with Gasteiger partial charge in [-0.25, -0.2) is 0 Å². The maximum atomic E-state index is 9.43. The second kappa shape index (κ2) is 18.5. The van der Waals surface area contributed by atoms with Gasteiger partial charge in [0.1, 0.15) is 0 Å². The first-order valence-corrected chi connectivity index (χ1v) is 11.4. The van der Waals surface area contributed by atoms with Gasteiger partial charge in [0.05, 0.1) is 16.7 Å². The van der Waals surface area contributed by atoms with Gasteiger partial charge in [-0.15, -0.1) is 0 Å². The molecule has 0 aliphatic rings. The minimum atomic E-state index is 0. The molecule has 3 aromatic rings. The Hall–Kier alpha value is -3.81. The Morgan fingerprint density at radius 1 is 0.405 bits per heavy atom. The monoisotopic (exact) mass is 551 g/mol. The van der Waals surface area contributed by atoms with Crippen LogP contribution in [0.4, 0.5) is 0 Å². The average Bonchev–Trinajstić information content (AvgIpc) is 2.85. The van der Waals surface area contributed by atoms with Crippen LogP contribution < -0.4 is 0 Å². The first-order valence-electron chi connectivity index (χ1n) is 11.4. The zero-order valence-corrected chi connectivity index (χ0v) is 22.3. The normalized spacial score (nSPS) is 9.16. The van der Waals surface area contributed by atoms with Crippen molar-refractivity contribution in [2.45, 2.75) is 40.0 Å². The molecule has 3 aromatic carbocycles. The molecule has 0 unspecified atom stereocenters. The maximum absolute atomic E-state index is 9.43. The van der Waals surface area contributed by atoms with Crippen LogP contribution in [0.2, 0.25) is 0 Å². The summed E-state index contributed by atoms with van der Waals surface area (Å²) >= 11 is 0. The SMILES string of the molecule is CC(=[OH+])CC(=[OH+])c1ccccc1.CC(=[OH+])CC(=[OH+])c1ccccc1.CC(=[OH+])CC(=[OH+])c1ccccc1.[Co]. The third-order valence-electron chi connectivity index (χ3n) is 4.59. The van der Waals surface area contributed by atoms with E-state index in [4.69, 9.17) is 14.4 Å². The van der Waals surface area contributed by atoms with E-state index in [1.807, 2.05) is 54.6 Å². The molecule has 0 bridgehead atoms. The van der Waals surface area contributed by atoms with Crippen LogP contribution >= 0.6 is 0 Å². The minimum absolute atomic E-state index is 0. The van der Waals surface area contributed by atoms with Crippen LogP contribution in [0.25, 0.3) is 0 Å². The summed E-state index contributed by atoms with van der Waals surface area (Å²) in [5.41, 5.74) is 2.27. The number of hydrogen-bond acceptors (Lipinski definition) is 0. The summed E-state index contributed by atoms with van der Waals surface area (Å²) in [4.78, 5) is 55.0. The molecule has 0 amide bonds. The summed E-state index contributed by atoms with van der Waals surface area (Å²) in [6.07, 6.45) is 0.679. The number of benzene rings is 3. The van der Waals surface area contributed by atoms with Crippen LogP contribution in [0.15, 0.2) is 91.0 Å². The van der Waals surface area contributed by atoms with Crippen molar-refractivity contribution in [2.24, 2.45) is 0 Å². The Bertz CT molecular complexity index is 1020. The van der Waals surface area contributed by atoms with Gasteiger partial charge in [0.25, 0.3) is 0 Å². The molecule has 6 nitrogen and oxygen atoms in total. The van der Waals surface area contributed by atoms with Gasteiger partial charge < -0.3 is 0 Å². The van der Waals surface area contributed by atoms with Gasteiger partial charge in [-0.05, 0) is 36.4 Å². The summed E-state index contributed by atoms with van der Waals surface area (Å²) in [5, 5.41) is 0. The molecule has 0 spiro atoms. The molecule has 7 heteroatoms. The minimum Gasteiger partial charge on any atom is -0.283 e. The summed E-state index contributed by atoms with van der Waals surface area (Å²) in [6.45, 7) is 4.71. The van der Waals surface area contributed by atoms with E-state index < -0.39 is 0 Å². The maximum Gasteiger partial charge on any atom is 0.336 e. The molecule has 195 valence electrons. The molecular weight excluding hydrogens is 515 g/mol. The third kappa shape index (κ3) is 15.0. The number of hydrogen-bond donors (Lipinski definition) is 0. The standard InChI is InChI=1S/3C10H10O2.Co/c3*1-8(11)7-10(12)9-5-3-2-4-6-9;/h3*2-6H,7H2,1H3;/p+6. The largest absolute Gasteiger partial charge is 0.336 e. The van der Waals surface area contributed by atoms with E-state index in [1.54, 1.807) is 57.2 Å². The van der Waals surface area contributed by atoms with E-state index in [2.05, 4.69) is 0 Å². The first-order chi connectivity index (χ1) is 17.1. The molecule has 0 aromatic heterocycles. The van der Waals surface area contributed by atoms with Crippen LogP contribution in [-0.4, -0.2) is 63.5 Å². The Balaban J connectivity index is 0.000000518. The molecule has 1 radical (unpaired) electrons. The van der Waals surface area contributed by atoms with Crippen LogP contribution in [0.1, 0.15) is 56.7 Å². The van der Waals surface area contributed by atoms with Crippen LogP contribution in [0.3, 0.4) is 0 Å². The quantitative estimate of drug-likeness (QED) is 0.209. The molecule has 0 heterocycles. The van der Waals surface area contributed by atoms with Gasteiger partial charge >= 0.3 is 34.7 Å². The number of ketones is 6. The van der Waals surface area contributed by atoms with E-state index >= 15 is 0 Å². The number of rotatable bonds is 9. The second-order valence-electron chi connectivity index (χ2n) is 8.17. The molecule has 0 atom stereocenters. The zero-order valence-electron chi connectivity index (χ0n) is 21.3. The molecule has 6 N–H and O–H groups in total. The fraction of sp³-hybridized carbons (Fsp3) is 0.200. The van der Waals surface area contributed by atoms with E-state index in [9.17, 15) is 14.4 Å². The topological polar surface area (TPSA) is 128 Å². The number of carbonyl (C=O) groups excluding carboxylic acids is 6. The van der Waals surface area contributed by atoms with Crippen molar-refractivity contribution in [3.8, 4) is 0 Å². The summed E-state index contributed by atoms with van der Waals surface area (Å²) in [6, 6.07) is 27.5.